The molecular weight excluding hydrogens is 268 g/mol. The van der Waals surface area contributed by atoms with Crippen LogP contribution in [-0.4, -0.2) is 33.5 Å². The van der Waals surface area contributed by atoms with Crippen molar-refractivity contribution >= 4 is 16.3 Å². The van der Waals surface area contributed by atoms with Gasteiger partial charge in [-0.15, -0.1) is 0 Å². The second kappa shape index (κ2) is 5.09. The van der Waals surface area contributed by atoms with Crippen molar-refractivity contribution in [1.29, 1.82) is 0 Å². The molecule has 5 nitrogen and oxygen atoms in total. The third-order valence-electron chi connectivity index (χ3n) is 2.29. The van der Waals surface area contributed by atoms with Crippen LogP contribution < -0.4 is 4.72 Å². The summed E-state index contributed by atoms with van der Waals surface area (Å²) in [5.74, 6) is -3.75. The quantitative estimate of drug-likeness (QED) is 0.768. The Balaban J connectivity index is 3.59. The number of carbonyl (C=O) groups excluding carboxylic acids is 1. The molecule has 0 aliphatic heterocycles. The van der Waals surface area contributed by atoms with Gasteiger partial charge in [-0.05, 0) is 19.2 Å². The summed E-state index contributed by atoms with van der Waals surface area (Å²) in [4.78, 5) is 9.86. The van der Waals surface area contributed by atoms with Crippen LogP contribution in [0.3, 0.4) is 0 Å². The van der Waals surface area contributed by atoms with Gasteiger partial charge < -0.3 is 5.11 Å². The lowest BCUT2D eigenvalue weighted by molar-refractivity contribution is -0.0579. The smallest absolute Gasteiger partial charge is 0.297 e. The van der Waals surface area contributed by atoms with Crippen LogP contribution in [0.2, 0.25) is 0 Å². The van der Waals surface area contributed by atoms with Crippen LogP contribution in [0.25, 0.3) is 0 Å². The molecule has 8 heteroatoms. The highest BCUT2D eigenvalue weighted by Gasteiger charge is 2.36. The monoisotopic (exact) mass is 279 g/mol. The molecule has 0 heterocycles. The Hall–Kier alpha value is -1.38. The van der Waals surface area contributed by atoms with Gasteiger partial charge in [0.15, 0.2) is 0 Å². The number of halogens is 2. The number of nitrogens with one attached hydrogen (secondary N) is 1. The first-order valence-electron chi connectivity index (χ1n) is 4.80. The number of aliphatic hydroxyl groups is 1. The van der Waals surface area contributed by atoms with E-state index < -0.39 is 33.0 Å². The van der Waals surface area contributed by atoms with Gasteiger partial charge in [-0.2, -0.15) is 8.78 Å². The number of rotatable bonds is 5. The maximum absolute atomic E-state index is 13.5. The minimum absolute atomic E-state index is 0.104. The molecule has 0 aliphatic rings. The minimum Gasteiger partial charge on any atom is -0.390 e. The minimum atomic E-state index is -4.10. The molecule has 0 aliphatic carbocycles. The predicted molar refractivity (Wildman–Crippen MR) is 59.1 cm³/mol. The average Bonchev–Trinajstić information content (AvgIpc) is 2.37. The van der Waals surface area contributed by atoms with E-state index in [1.165, 1.54) is 0 Å². The molecule has 0 amide bonds. The summed E-state index contributed by atoms with van der Waals surface area (Å²) in [6, 6.07) is 2.75. The van der Waals surface area contributed by atoms with E-state index in [1.807, 2.05) is 4.72 Å². The third-order valence-corrected chi connectivity index (χ3v) is 3.76. The fourth-order valence-electron chi connectivity index (χ4n) is 1.34. The second-order valence-corrected chi connectivity index (χ2v) is 5.30. The highest BCUT2D eigenvalue weighted by Crippen LogP contribution is 2.32. The Morgan fingerprint density at radius 3 is 2.50 bits per heavy atom. The molecule has 0 aromatic heterocycles. The van der Waals surface area contributed by atoms with E-state index in [2.05, 4.69) is 0 Å². The summed E-state index contributed by atoms with van der Waals surface area (Å²) in [6.45, 7) is -1.55. The first-order chi connectivity index (χ1) is 8.28. The molecule has 1 aromatic carbocycles. The van der Waals surface area contributed by atoms with Gasteiger partial charge in [0.25, 0.3) is 5.92 Å². The predicted octanol–water partition coefficient (Wildman–Crippen LogP) is 0.491. The van der Waals surface area contributed by atoms with Gasteiger partial charge in [0.2, 0.25) is 10.0 Å². The Labute approximate surface area is 102 Å². The standard InChI is InChI=1S/C10H11F2NO4S/c1-13-18(16,17)9-3-2-7(5-14)4-8(9)10(11,12)6-15/h2-5,13,15H,6H2,1H3. The number of alkyl halides is 2. The summed E-state index contributed by atoms with van der Waals surface area (Å²) in [6.07, 6.45) is 0.312. The number of carbonyl (C=O) groups is 1. The highest BCUT2D eigenvalue weighted by atomic mass is 32.2. The van der Waals surface area contributed by atoms with Gasteiger partial charge in [-0.1, -0.05) is 6.07 Å². The number of benzene rings is 1. The number of aldehydes is 1. The van der Waals surface area contributed by atoms with Crippen molar-refractivity contribution in [3.8, 4) is 0 Å². The van der Waals surface area contributed by atoms with E-state index in [-0.39, 0.29) is 5.56 Å². The molecule has 100 valence electrons. The number of hydrogen-bond acceptors (Lipinski definition) is 4. The van der Waals surface area contributed by atoms with E-state index in [9.17, 15) is 22.0 Å². The van der Waals surface area contributed by atoms with Crippen LogP contribution >= 0.6 is 0 Å². The maximum atomic E-state index is 13.5. The molecule has 0 fully saturated rings. The molecule has 0 spiro atoms. The van der Waals surface area contributed by atoms with Gasteiger partial charge in [0.1, 0.15) is 12.9 Å². The van der Waals surface area contributed by atoms with Gasteiger partial charge in [0.05, 0.1) is 4.90 Å². The molecule has 0 saturated heterocycles. The topological polar surface area (TPSA) is 83.5 Å². The lowest BCUT2D eigenvalue weighted by Crippen LogP contribution is -2.26. The van der Waals surface area contributed by atoms with Gasteiger partial charge in [-0.25, -0.2) is 13.1 Å². The molecule has 1 rings (SSSR count). The van der Waals surface area contributed by atoms with Crippen LogP contribution in [0.15, 0.2) is 23.1 Å². The normalized spacial score (nSPS) is 12.4. The number of sulfonamides is 1. The Morgan fingerprint density at radius 1 is 1.44 bits per heavy atom. The van der Waals surface area contributed by atoms with Crippen molar-refractivity contribution in [2.45, 2.75) is 10.8 Å². The summed E-state index contributed by atoms with van der Waals surface area (Å²) < 4.78 is 52.0. The molecule has 0 saturated carbocycles. The lowest BCUT2D eigenvalue weighted by atomic mass is 10.1. The lowest BCUT2D eigenvalue weighted by Gasteiger charge is -2.18. The van der Waals surface area contributed by atoms with Crippen molar-refractivity contribution in [1.82, 2.24) is 4.72 Å². The van der Waals surface area contributed by atoms with Crippen molar-refractivity contribution in [2.24, 2.45) is 0 Å². The van der Waals surface area contributed by atoms with Crippen LogP contribution in [0.4, 0.5) is 8.78 Å². The molecular formula is C10H11F2NO4S. The average molecular weight is 279 g/mol. The maximum Gasteiger partial charge on any atom is 0.297 e. The van der Waals surface area contributed by atoms with Crippen LogP contribution in [0.5, 0.6) is 0 Å². The van der Waals surface area contributed by atoms with Gasteiger partial charge in [0, 0.05) is 11.1 Å². The Morgan fingerprint density at radius 2 is 2.06 bits per heavy atom. The zero-order valence-corrected chi connectivity index (χ0v) is 10.2. The van der Waals surface area contributed by atoms with Crippen LogP contribution in [0, 0.1) is 0 Å². The molecule has 0 bridgehead atoms. The van der Waals surface area contributed by atoms with Crippen molar-refractivity contribution in [2.75, 3.05) is 13.7 Å². The van der Waals surface area contributed by atoms with Gasteiger partial charge >= 0.3 is 0 Å². The SMILES string of the molecule is CNS(=O)(=O)c1ccc(C=O)cc1C(F)(F)CO. The van der Waals surface area contributed by atoms with Crippen LogP contribution in [-0.2, 0) is 15.9 Å². The zero-order chi connectivity index (χ0) is 14.0. The van der Waals surface area contributed by atoms with E-state index in [0.29, 0.717) is 6.29 Å². The van der Waals surface area contributed by atoms with E-state index in [0.717, 1.165) is 25.2 Å². The third kappa shape index (κ3) is 2.71. The number of hydrogen-bond donors (Lipinski definition) is 2. The molecule has 1 aromatic rings. The molecule has 2 N–H and O–H groups in total. The van der Waals surface area contributed by atoms with Crippen molar-refractivity contribution < 1.29 is 27.1 Å². The molecule has 0 radical (unpaired) electrons. The molecule has 18 heavy (non-hydrogen) atoms. The molecule has 0 atom stereocenters. The largest absolute Gasteiger partial charge is 0.390 e. The summed E-state index contributed by atoms with van der Waals surface area (Å²) in [7, 11) is -3.03. The van der Waals surface area contributed by atoms with E-state index >= 15 is 0 Å². The summed E-state index contributed by atoms with van der Waals surface area (Å²) >= 11 is 0. The van der Waals surface area contributed by atoms with E-state index in [4.69, 9.17) is 5.11 Å². The van der Waals surface area contributed by atoms with Crippen molar-refractivity contribution in [3.63, 3.8) is 0 Å². The second-order valence-electron chi connectivity index (χ2n) is 3.44. The Kier molecular flexibility index (Phi) is 4.15. The van der Waals surface area contributed by atoms with Gasteiger partial charge in [-0.3, -0.25) is 4.79 Å². The van der Waals surface area contributed by atoms with Crippen molar-refractivity contribution in [3.05, 3.63) is 29.3 Å². The van der Waals surface area contributed by atoms with E-state index in [1.54, 1.807) is 0 Å². The zero-order valence-electron chi connectivity index (χ0n) is 9.35. The first kappa shape index (κ1) is 14.7. The molecule has 0 unspecified atom stereocenters. The highest BCUT2D eigenvalue weighted by molar-refractivity contribution is 7.89. The summed E-state index contributed by atoms with van der Waals surface area (Å²) in [5.41, 5.74) is -1.02. The number of aliphatic hydroxyl groups excluding tert-OH is 1. The fraction of sp³-hybridized carbons (Fsp3) is 0.300. The Bertz CT molecular complexity index is 557. The summed E-state index contributed by atoms with van der Waals surface area (Å²) in [5, 5.41) is 8.62. The fourth-order valence-corrected chi connectivity index (χ4v) is 2.30. The first-order valence-corrected chi connectivity index (χ1v) is 6.28. The van der Waals surface area contributed by atoms with Crippen LogP contribution in [0.1, 0.15) is 15.9 Å².